The molecule has 132 valence electrons. The Morgan fingerprint density at radius 3 is 2.33 bits per heavy atom. The molecule has 0 atom stereocenters. The number of para-hydroxylation sites is 1. The average Bonchev–Trinajstić information content (AvgIpc) is 3.20. The number of benzene rings is 3. The van der Waals surface area contributed by atoms with E-state index in [4.69, 9.17) is 4.42 Å². The van der Waals surface area contributed by atoms with Gasteiger partial charge in [-0.2, -0.15) is 0 Å². The molecule has 1 N–H and O–H groups in total. The van der Waals surface area contributed by atoms with Crippen molar-refractivity contribution in [3.8, 4) is 22.5 Å². The van der Waals surface area contributed by atoms with Gasteiger partial charge in [-0.3, -0.25) is 4.79 Å². The first-order valence-corrected chi connectivity index (χ1v) is 8.38. The number of carbonyl (C=O) groups excluding carboxylic acids is 1. The van der Waals surface area contributed by atoms with Crippen LogP contribution in [0.15, 0.2) is 89.5 Å². The van der Waals surface area contributed by atoms with Crippen molar-refractivity contribution >= 4 is 11.6 Å². The molecule has 0 aliphatic heterocycles. The zero-order chi connectivity index (χ0) is 18.6. The summed E-state index contributed by atoms with van der Waals surface area (Å²) in [6, 6.07) is 23.1. The summed E-state index contributed by atoms with van der Waals surface area (Å²) in [6.45, 7) is 0. The number of nitrogens with one attached hydrogen (secondary N) is 1. The highest BCUT2D eigenvalue weighted by molar-refractivity contribution is 6.03. The summed E-state index contributed by atoms with van der Waals surface area (Å²) < 4.78 is 18.6. The minimum absolute atomic E-state index is 0.0582. The van der Waals surface area contributed by atoms with Crippen LogP contribution in [0.4, 0.5) is 10.1 Å². The normalized spacial score (nSPS) is 10.6. The predicted molar refractivity (Wildman–Crippen MR) is 102 cm³/mol. The molecule has 0 aliphatic rings. The largest absolute Gasteiger partial charge is 0.432 e. The summed E-state index contributed by atoms with van der Waals surface area (Å²) >= 11 is 0. The van der Waals surface area contributed by atoms with Crippen LogP contribution in [0.5, 0.6) is 0 Å². The number of hydrogen-bond acceptors (Lipinski definition) is 3. The number of amides is 1. The summed E-state index contributed by atoms with van der Waals surface area (Å²) in [5.74, 6) is -0.450. The fourth-order valence-electron chi connectivity index (χ4n) is 2.76. The maximum Gasteiger partial charge on any atom is 0.311 e. The molecule has 4 aromatic rings. The molecule has 0 saturated carbocycles. The fraction of sp³-hybridized carbons (Fsp3) is 0. The van der Waals surface area contributed by atoms with Gasteiger partial charge in [-0.25, -0.2) is 9.37 Å². The summed E-state index contributed by atoms with van der Waals surface area (Å²) in [5, 5.41) is 2.84. The van der Waals surface area contributed by atoms with Crippen LogP contribution in [0.25, 0.3) is 22.5 Å². The van der Waals surface area contributed by atoms with Gasteiger partial charge in [-0.05, 0) is 35.9 Å². The minimum Gasteiger partial charge on any atom is -0.432 e. The summed E-state index contributed by atoms with van der Waals surface area (Å²) in [4.78, 5) is 16.6. The summed E-state index contributed by atoms with van der Waals surface area (Å²) in [5.41, 5.74) is 3.20. The lowest BCUT2D eigenvalue weighted by molar-refractivity contribution is 0.0991. The van der Waals surface area contributed by atoms with Gasteiger partial charge in [-0.1, -0.05) is 48.5 Å². The second kappa shape index (κ2) is 7.25. The number of carbonyl (C=O) groups is 1. The van der Waals surface area contributed by atoms with Crippen molar-refractivity contribution in [3.63, 3.8) is 0 Å². The Kier molecular flexibility index (Phi) is 4.49. The Balaban J connectivity index is 1.58. The molecule has 4 nitrogen and oxygen atoms in total. The van der Waals surface area contributed by atoms with Crippen LogP contribution in [0.1, 0.15) is 10.7 Å². The number of halogens is 1. The zero-order valence-corrected chi connectivity index (χ0v) is 14.2. The van der Waals surface area contributed by atoms with Crippen LogP contribution in [0.2, 0.25) is 0 Å². The SMILES string of the molecule is O=C(Nc1ccccc1-c1ccccc1)c1ncc(-c2ccc(F)cc2)o1. The quantitative estimate of drug-likeness (QED) is 0.531. The van der Waals surface area contributed by atoms with E-state index in [-0.39, 0.29) is 11.7 Å². The van der Waals surface area contributed by atoms with Gasteiger partial charge in [0.15, 0.2) is 5.76 Å². The first-order valence-electron chi connectivity index (χ1n) is 8.38. The number of anilines is 1. The van der Waals surface area contributed by atoms with E-state index in [1.807, 2.05) is 54.6 Å². The molecule has 0 bridgehead atoms. The van der Waals surface area contributed by atoms with Crippen molar-refractivity contribution in [1.82, 2.24) is 4.98 Å². The number of hydrogen-bond donors (Lipinski definition) is 1. The Labute approximate surface area is 155 Å². The van der Waals surface area contributed by atoms with Crippen LogP contribution in [0.3, 0.4) is 0 Å². The van der Waals surface area contributed by atoms with Crippen molar-refractivity contribution in [2.24, 2.45) is 0 Å². The molecular formula is C22H15FN2O2. The molecule has 0 aliphatic carbocycles. The summed E-state index contributed by atoms with van der Waals surface area (Å²) in [7, 11) is 0. The first kappa shape index (κ1) is 16.7. The molecule has 1 amide bonds. The third-order valence-corrected chi connectivity index (χ3v) is 4.09. The van der Waals surface area contributed by atoms with E-state index in [1.54, 1.807) is 12.1 Å². The standard InChI is InChI=1S/C22H15FN2O2/c23-17-12-10-16(11-13-17)20-14-24-22(27-20)21(26)25-19-9-5-4-8-18(19)15-6-2-1-3-7-15/h1-14H,(H,25,26). The van der Waals surface area contributed by atoms with Crippen LogP contribution in [0, 0.1) is 5.82 Å². The molecule has 3 aromatic carbocycles. The van der Waals surface area contributed by atoms with Gasteiger partial charge < -0.3 is 9.73 Å². The van der Waals surface area contributed by atoms with Crippen molar-refractivity contribution in [3.05, 3.63) is 96.8 Å². The summed E-state index contributed by atoms with van der Waals surface area (Å²) in [6.07, 6.45) is 1.45. The number of aromatic nitrogens is 1. The van der Waals surface area contributed by atoms with Gasteiger partial charge in [0, 0.05) is 16.8 Å². The monoisotopic (exact) mass is 358 g/mol. The van der Waals surface area contributed by atoms with Gasteiger partial charge in [-0.15, -0.1) is 0 Å². The van der Waals surface area contributed by atoms with E-state index in [0.717, 1.165) is 11.1 Å². The fourth-order valence-corrected chi connectivity index (χ4v) is 2.76. The van der Waals surface area contributed by atoms with Gasteiger partial charge in [0.25, 0.3) is 5.89 Å². The lowest BCUT2D eigenvalue weighted by Gasteiger charge is -2.10. The van der Waals surface area contributed by atoms with Gasteiger partial charge in [0.05, 0.1) is 6.20 Å². The number of oxazole rings is 1. The van der Waals surface area contributed by atoms with Crippen LogP contribution >= 0.6 is 0 Å². The van der Waals surface area contributed by atoms with Gasteiger partial charge >= 0.3 is 5.91 Å². The van der Waals surface area contributed by atoms with Crippen LogP contribution in [-0.4, -0.2) is 10.9 Å². The maximum atomic E-state index is 13.0. The topological polar surface area (TPSA) is 55.1 Å². The highest BCUT2D eigenvalue weighted by Gasteiger charge is 2.16. The van der Waals surface area contributed by atoms with Crippen molar-refractivity contribution in [1.29, 1.82) is 0 Å². The molecule has 1 aromatic heterocycles. The first-order chi connectivity index (χ1) is 13.2. The highest BCUT2D eigenvalue weighted by Crippen LogP contribution is 2.28. The van der Waals surface area contributed by atoms with Crippen molar-refractivity contribution in [2.45, 2.75) is 0 Å². The number of nitrogens with zero attached hydrogens (tertiary/aromatic N) is 1. The smallest absolute Gasteiger partial charge is 0.311 e. The van der Waals surface area contributed by atoms with Crippen molar-refractivity contribution < 1.29 is 13.6 Å². The van der Waals surface area contributed by atoms with Gasteiger partial charge in [0.1, 0.15) is 5.82 Å². The lowest BCUT2D eigenvalue weighted by Crippen LogP contribution is -2.12. The lowest BCUT2D eigenvalue weighted by atomic mass is 10.0. The van der Waals surface area contributed by atoms with Crippen molar-refractivity contribution in [2.75, 3.05) is 5.32 Å². The molecule has 0 fully saturated rings. The van der Waals surface area contributed by atoms with E-state index in [9.17, 15) is 9.18 Å². The van der Waals surface area contributed by atoms with Gasteiger partial charge in [0.2, 0.25) is 0 Å². The third-order valence-electron chi connectivity index (χ3n) is 4.09. The second-order valence-corrected chi connectivity index (χ2v) is 5.90. The molecule has 1 heterocycles. The second-order valence-electron chi connectivity index (χ2n) is 5.90. The zero-order valence-electron chi connectivity index (χ0n) is 14.2. The molecule has 0 unspecified atom stereocenters. The maximum absolute atomic E-state index is 13.0. The molecule has 0 radical (unpaired) electrons. The van der Waals surface area contributed by atoms with E-state index < -0.39 is 5.91 Å². The molecule has 0 saturated heterocycles. The Morgan fingerprint density at radius 2 is 1.56 bits per heavy atom. The molecule has 0 spiro atoms. The average molecular weight is 358 g/mol. The molecule has 4 rings (SSSR count). The molecular weight excluding hydrogens is 343 g/mol. The van der Waals surface area contributed by atoms with Crippen LogP contribution < -0.4 is 5.32 Å². The van der Waals surface area contributed by atoms with E-state index in [1.165, 1.54) is 18.3 Å². The van der Waals surface area contributed by atoms with E-state index in [0.29, 0.717) is 17.0 Å². The minimum atomic E-state index is -0.452. The van der Waals surface area contributed by atoms with E-state index >= 15 is 0 Å². The Morgan fingerprint density at radius 1 is 0.852 bits per heavy atom. The predicted octanol–water partition coefficient (Wildman–Crippen LogP) is 5.40. The third kappa shape index (κ3) is 3.62. The highest BCUT2D eigenvalue weighted by atomic mass is 19.1. The molecule has 27 heavy (non-hydrogen) atoms. The van der Waals surface area contributed by atoms with Crippen LogP contribution in [-0.2, 0) is 0 Å². The number of rotatable bonds is 4. The Hall–Kier alpha value is -3.73. The van der Waals surface area contributed by atoms with E-state index in [2.05, 4.69) is 10.3 Å². The molecule has 5 heteroatoms. The Bertz CT molecular complexity index is 1070.